The summed E-state index contributed by atoms with van der Waals surface area (Å²) in [5.74, 6) is 0.719. The number of thioether (sulfide) groups is 1. The van der Waals surface area contributed by atoms with Gasteiger partial charge in [-0.1, -0.05) is 26.7 Å². The van der Waals surface area contributed by atoms with Gasteiger partial charge in [0.25, 0.3) is 0 Å². The van der Waals surface area contributed by atoms with Gasteiger partial charge in [0.2, 0.25) is 0 Å². The van der Waals surface area contributed by atoms with Crippen molar-refractivity contribution in [3.63, 3.8) is 0 Å². The zero-order valence-corrected chi connectivity index (χ0v) is 10.8. The van der Waals surface area contributed by atoms with Crippen molar-refractivity contribution >= 4 is 17.7 Å². The Balaban J connectivity index is 3.95. The van der Waals surface area contributed by atoms with E-state index in [1.807, 2.05) is 0 Å². The molecule has 0 aromatic carbocycles. The van der Waals surface area contributed by atoms with Crippen LogP contribution in [0.3, 0.4) is 0 Å². The lowest BCUT2D eigenvalue weighted by atomic mass is 10.2. The topological polar surface area (TPSA) is 52.3 Å². The van der Waals surface area contributed by atoms with Crippen molar-refractivity contribution in [1.29, 1.82) is 0 Å². The number of unbranched alkanes of at least 4 members (excludes halogenated alkanes) is 1. The molecule has 2 N–H and O–H groups in total. The summed E-state index contributed by atoms with van der Waals surface area (Å²) in [7, 11) is 1.45. The predicted molar refractivity (Wildman–Crippen MR) is 66.1 cm³/mol. The van der Waals surface area contributed by atoms with Gasteiger partial charge in [-0.15, -0.1) is 11.8 Å². The van der Waals surface area contributed by atoms with E-state index in [4.69, 9.17) is 10.5 Å². The predicted octanol–water partition coefficient (Wildman–Crippen LogP) is 2.19. The van der Waals surface area contributed by atoms with Crippen molar-refractivity contribution in [2.24, 2.45) is 5.73 Å². The fourth-order valence-electron chi connectivity index (χ4n) is 1.15. The van der Waals surface area contributed by atoms with Crippen LogP contribution in [0.4, 0.5) is 0 Å². The maximum atomic E-state index is 11.4. The van der Waals surface area contributed by atoms with Gasteiger partial charge in [-0.25, -0.2) is 0 Å². The second-order valence-electron chi connectivity index (χ2n) is 3.66. The largest absolute Gasteiger partial charge is 0.468 e. The van der Waals surface area contributed by atoms with Crippen molar-refractivity contribution in [3.8, 4) is 0 Å². The van der Waals surface area contributed by atoms with Gasteiger partial charge in [0, 0.05) is 11.8 Å². The van der Waals surface area contributed by atoms with Crippen molar-refractivity contribution in [2.75, 3.05) is 12.9 Å². The maximum absolute atomic E-state index is 11.4. The summed E-state index contributed by atoms with van der Waals surface area (Å²) in [4.78, 5) is 11.4. The van der Waals surface area contributed by atoms with E-state index in [-0.39, 0.29) is 17.3 Å². The molecule has 0 heterocycles. The average molecular weight is 233 g/mol. The van der Waals surface area contributed by atoms with Gasteiger partial charge in [0.05, 0.1) is 7.11 Å². The number of esters is 1. The van der Waals surface area contributed by atoms with Gasteiger partial charge in [-0.3, -0.25) is 4.79 Å². The van der Waals surface area contributed by atoms with E-state index in [9.17, 15) is 4.79 Å². The third-order valence-corrected chi connectivity index (χ3v) is 3.77. The number of carbonyl (C=O) groups is 1. The molecule has 0 aromatic heterocycles. The third-order valence-electron chi connectivity index (χ3n) is 2.32. The second-order valence-corrected chi connectivity index (χ2v) is 4.89. The van der Waals surface area contributed by atoms with Crippen LogP contribution in [0.5, 0.6) is 0 Å². The highest BCUT2D eigenvalue weighted by Crippen LogP contribution is 2.19. The first-order valence-electron chi connectivity index (χ1n) is 5.60. The Morgan fingerprint density at radius 2 is 2.13 bits per heavy atom. The van der Waals surface area contributed by atoms with E-state index < -0.39 is 0 Å². The molecule has 0 aliphatic heterocycles. The molecule has 15 heavy (non-hydrogen) atoms. The van der Waals surface area contributed by atoms with Crippen molar-refractivity contribution in [3.05, 3.63) is 0 Å². The van der Waals surface area contributed by atoms with Crippen LogP contribution in [0.2, 0.25) is 0 Å². The van der Waals surface area contributed by atoms with Gasteiger partial charge in [0.1, 0.15) is 5.25 Å². The summed E-state index contributed by atoms with van der Waals surface area (Å²) in [6.45, 7) is 4.18. The smallest absolute Gasteiger partial charge is 0.318 e. The molecule has 0 aliphatic rings. The summed E-state index contributed by atoms with van der Waals surface area (Å²) in [5.41, 5.74) is 5.82. The minimum Gasteiger partial charge on any atom is -0.468 e. The monoisotopic (exact) mass is 233 g/mol. The lowest BCUT2D eigenvalue weighted by Gasteiger charge is -2.16. The normalized spacial score (nSPS) is 14.7. The first kappa shape index (κ1) is 14.8. The fourth-order valence-corrected chi connectivity index (χ4v) is 2.43. The minimum atomic E-state index is -0.114. The first-order chi connectivity index (χ1) is 7.15. The summed E-state index contributed by atoms with van der Waals surface area (Å²) < 4.78 is 4.77. The highest BCUT2D eigenvalue weighted by Gasteiger charge is 2.19. The fraction of sp³-hybridized carbons (Fsp3) is 0.909. The van der Waals surface area contributed by atoms with E-state index in [1.54, 1.807) is 11.8 Å². The molecule has 0 amide bonds. The highest BCUT2D eigenvalue weighted by molar-refractivity contribution is 8.00. The molecule has 0 fully saturated rings. The molecule has 3 nitrogen and oxygen atoms in total. The highest BCUT2D eigenvalue weighted by atomic mass is 32.2. The van der Waals surface area contributed by atoms with Crippen molar-refractivity contribution < 1.29 is 9.53 Å². The summed E-state index contributed by atoms with van der Waals surface area (Å²) in [6.07, 6.45) is 4.01. The van der Waals surface area contributed by atoms with Crippen LogP contribution >= 0.6 is 11.8 Å². The van der Waals surface area contributed by atoms with Gasteiger partial charge >= 0.3 is 5.97 Å². The van der Waals surface area contributed by atoms with E-state index in [0.29, 0.717) is 0 Å². The van der Waals surface area contributed by atoms with E-state index in [2.05, 4.69) is 13.8 Å². The molecule has 0 saturated heterocycles. The zero-order chi connectivity index (χ0) is 11.7. The van der Waals surface area contributed by atoms with Crippen LogP contribution in [0.1, 0.15) is 39.5 Å². The van der Waals surface area contributed by atoms with Crippen LogP contribution in [-0.2, 0) is 9.53 Å². The van der Waals surface area contributed by atoms with Crippen LogP contribution in [0.15, 0.2) is 0 Å². The molecule has 0 rings (SSSR count). The minimum absolute atomic E-state index is 0.0347. The van der Waals surface area contributed by atoms with Crippen LogP contribution in [-0.4, -0.2) is 30.1 Å². The quantitative estimate of drug-likeness (QED) is 0.653. The Morgan fingerprint density at radius 3 is 2.60 bits per heavy atom. The van der Waals surface area contributed by atoms with E-state index in [1.165, 1.54) is 7.11 Å². The van der Waals surface area contributed by atoms with Crippen LogP contribution < -0.4 is 5.73 Å². The number of methoxy groups -OCH3 is 1. The van der Waals surface area contributed by atoms with Crippen molar-refractivity contribution in [1.82, 2.24) is 0 Å². The number of rotatable bonds is 8. The SMILES string of the molecule is CCCCC(SCC(N)CC)C(=O)OC. The molecular formula is C11H23NO2S. The number of hydrogen-bond acceptors (Lipinski definition) is 4. The Bertz CT molecular complexity index is 176. The van der Waals surface area contributed by atoms with Crippen molar-refractivity contribution in [2.45, 2.75) is 50.8 Å². The lowest BCUT2D eigenvalue weighted by molar-refractivity contribution is -0.140. The van der Waals surface area contributed by atoms with Gasteiger partial charge < -0.3 is 10.5 Å². The molecule has 2 unspecified atom stereocenters. The molecule has 0 aliphatic carbocycles. The number of ether oxygens (including phenoxy) is 1. The molecule has 0 aromatic rings. The Hall–Kier alpha value is -0.220. The van der Waals surface area contributed by atoms with Crippen LogP contribution in [0.25, 0.3) is 0 Å². The molecule has 2 atom stereocenters. The number of nitrogens with two attached hydrogens (primary N) is 1. The Labute approximate surface area is 97.1 Å². The summed E-state index contributed by atoms with van der Waals surface area (Å²) >= 11 is 1.63. The van der Waals surface area contributed by atoms with E-state index >= 15 is 0 Å². The molecule has 0 bridgehead atoms. The molecular weight excluding hydrogens is 210 g/mol. The van der Waals surface area contributed by atoms with Gasteiger partial charge in [-0.2, -0.15) is 0 Å². The lowest BCUT2D eigenvalue weighted by Crippen LogP contribution is -2.26. The molecule has 0 spiro atoms. The molecule has 4 heteroatoms. The maximum Gasteiger partial charge on any atom is 0.318 e. The molecule has 0 radical (unpaired) electrons. The van der Waals surface area contributed by atoms with E-state index in [0.717, 1.165) is 31.4 Å². The standard InChI is InChI=1S/C11H23NO2S/c1-4-6-7-10(11(13)14-3)15-8-9(12)5-2/h9-10H,4-8,12H2,1-3H3. The number of carbonyl (C=O) groups excluding carboxylic acids is 1. The first-order valence-corrected chi connectivity index (χ1v) is 6.65. The van der Waals surface area contributed by atoms with Crippen LogP contribution in [0, 0.1) is 0 Å². The summed E-state index contributed by atoms with van der Waals surface area (Å²) in [5, 5.41) is -0.0347. The van der Waals surface area contributed by atoms with Gasteiger partial charge in [0.15, 0.2) is 0 Å². The van der Waals surface area contributed by atoms with Gasteiger partial charge in [-0.05, 0) is 12.8 Å². The molecule has 0 saturated carbocycles. The average Bonchev–Trinajstić information content (AvgIpc) is 2.27. The Kier molecular flexibility index (Phi) is 8.91. The third kappa shape index (κ3) is 6.79. The summed E-state index contributed by atoms with van der Waals surface area (Å²) in [6, 6.07) is 0.184. The molecule has 90 valence electrons. The number of hydrogen-bond donors (Lipinski definition) is 1. The zero-order valence-electron chi connectivity index (χ0n) is 9.99. The Morgan fingerprint density at radius 1 is 1.47 bits per heavy atom. The second kappa shape index (κ2) is 9.04.